The van der Waals surface area contributed by atoms with Crippen molar-refractivity contribution < 1.29 is 9.53 Å². The normalized spacial score (nSPS) is 20.1. The fourth-order valence-electron chi connectivity index (χ4n) is 4.26. The average Bonchev–Trinajstić information content (AvgIpc) is 3.56. The summed E-state index contributed by atoms with van der Waals surface area (Å²) in [4.78, 5) is 25.8. The number of anilines is 3. The molecule has 3 heterocycles. The van der Waals surface area contributed by atoms with E-state index in [1.165, 1.54) is 5.56 Å². The number of rotatable bonds is 6. The molecular weight excluding hydrogens is 434 g/mol. The molecule has 7 nitrogen and oxygen atoms in total. The van der Waals surface area contributed by atoms with E-state index in [1.54, 1.807) is 11.8 Å². The van der Waals surface area contributed by atoms with E-state index >= 15 is 0 Å². The standard InChI is InChI=1S/C25H31N5O2S/c1-14-26-22-18(12-21(29-23(22)27-14)30-24(31)15-5-6-15)28-17-8-7-16(11-20(17)33-4)19-9-10-25(2,3)13-32-19/h7-8,11-12,15,19H,5-6,9-10,13H2,1-4H3,(H3,26,27,28,29,30,31). The van der Waals surface area contributed by atoms with Crippen molar-refractivity contribution in [2.75, 3.05) is 23.5 Å². The summed E-state index contributed by atoms with van der Waals surface area (Å²) in [6.07, 6.45) is 6.33. The van der Waals surface area contributed by atoms with E-state index in [2.05, 4.69) is 63.9 Å². The van der Waals surface area contributed by atoms with Crippen molar-refractivity contribution in [2.24, 2.45) is 11.3 Å². The number of benzene rings is 1. The number of ether oxygens (including phenoxy) is 1. The Labute approximate surface area is 198 Å². The first kappa shape index (κ1) is 22.2. The Morgan fingerprint density at radius 2 is 2.00 bits per heavy atom. The molecule has 0 spiro atoms. The van der Waals surface area contributed by atoms with Gasteiger partial charge in [0.2, 0.25) is 5.91 Å². The Balaban J connectivity index is 1.43. The van der Waals surface area contributed by atoms with Crippen molar-refractivity contribution in [3.05, 3.63) is 35.7 Å². The summed E-state index contributed by atoms with van der Waals surface area (Å²) in [6.45, 7) is 7.21. The number of fused-ring (bicyclic) bond motifs is 1. The topological polar surface area (TPSA) is 91.9 Å². The number of H-pyrrole nitrogens is 1. The molecule has 1 aromatic carbocycles. The van der Waals surface area contributed by atoms with Crippen molar-refractivity contribution in [3.8, 4) is 0 Å². The van der Waals surface area contributed by atoms with Gasteiger partial charge in [0.1, 0.15) is 17.2 Å². The van der Waals surface area contributed by atoms with Gasteiger partial charge in [-0.3, -0.25) is 4.79 Å². The van der Waals surface area contributed by atoms with Crippen LogP contribution in [0.25, 0.3) is 11.2 Å². The van der Waals surface area contributed by atoms with Crippen LogP contribution in [-0.2, 0) is 9.53 Å². The number of thioether (sulfide) groups is 1. The highest BCUT2D eigenvalue weighted by atomic mass is 32.2. The minimum atomic E-state index is 0.0360. The third-order valence-corrected chi connectivity index (χ3v) is 7.17. The van der Waals surface area contributed by atoms with Gasteiger partial charge < -0.3 is 20.4 Å². The number of carbonyl (C=O) groups excluding carboxylic acids is 1. The van der Waals surface area contributed by atoms with E-state index in [9.17, 15) is 4.79 Å². The molecule has 1 saturated heterocycles. The smallest absolute Gasteiger partial charge is 0.228 e. The van der Waals surface area contributed by atoms with Crippen molar-refractivity contribution >= 4 is 46.0 Å². The van der Waals surface area contributed by atoms with Crippen molar-refractivity contribution in [3.63, 3.8) is 0 Å². The minimum absolute atomic E-state index is 0.0360. The van der Waals surface area contributed by atoms with Gasteiger partial charge in [-0.1, -0.05) is 19.9 Å². The van der Waals surface area contributed by atoms with Gasteiger partial charge in [0.25, 0.3) is 0 Å². The maximum atomic E-state index is 12.3. The lowest BCUT2D eigenvalue weighted by Crippen LogP contribution is -2.27. The van der Waals surface area contributed by atoms with Gasteiger partial charge in [0.05, 0.1) is 24.1 Å². The summed E-state index contributed by atoms with van der Waals surface area (Å²) in [5.74, 6) is 1.47. The van der Waals surface area contributed by atoms with E-state index in [0.29, 0.717) is 11.5 Å². The maximum absolute atomic E-state index is 12.3. The van der Waals surface area contributed by atoms with Gasteiger partial charge >= 0.3 is 0 Å². The monoisotopic (exact) mass is 465 g/mol. The lowest BCUT2D eigenvalue weighted by Gasteiger charge is -2.35. The predicted molar refractivity (Wildman–Crippen MR) is 133 cm³/mol. The van der Waals surface area contributed by atoms with Crippen molar-refractivity contribution in [2.45, 2.75) is 57.5 Å². The Morgan fingerprint density at radius 1 is 1.18 bits per heavy atom. The second-order valence-corrected chi connectivity index (χ2v) is 10.8. The zero-order valence-electron chi connectivity index (χ0n) is 19.6. The quantitative estimate of drug-likeness (QED) is 0.389. The summed E-state index contributed by atoms with van der Waals surface area (Å²) >= 11 is 1.70. The highest BCUT2D eigenvalue weighted by Crippen LogP contribution is 2.40. The van der Waals surface area contributed by atoms with E-state index in [1.807, 2.05) is 13.0 Å². The summed E-state index contributed by atoms with van der Waals surface area (Å²) < 4.78 is 6.18. The van der Waals surface area contributed by atoms with Crippen LogP contribution in [0.5, 0.6) is 0 Å². The molecule has 174 valence electrons. The van der Waals surface area contributed by atoms with Crippen LogP contribution in [0.15, 0.2) is 29.2 Å². The molecule has 3 aromatic rings. The largest absolute Gasteiger partial charge is 0.373 e. The second-order valence-electron chi connectivity index (χ2n) is 9.93. The Morgan fingerprint density at radius 3 is 2.70 bits per heavy atom. The Hall–Kier alpha value is -2.58. The molecule has 1 amide bonds. The number of aromatic amines is 1. The predicted octanol–water partition coefficient (Wildman–Crippen LogP) is 5.96. The van der Waals surface area contributed by atoms with Crippen molar-refractivity contribution in [1.29, 1.82) is 0 Å². The number of nitrogens with zero attached hydrogens (tertiary/aromatic N) is 2. The molecule has 33 heavy (non-hydrogen) atoms. The number of aryl methyl sites for hydroxylation is 1. The van der Waals surface area contributed by atoms with Crippen LogP contribution in [0.3, 0.4) is 0 Å². The van der Waals surface area contributed by atoms with E-state index in [-0.39, 0.29) is 23.3 Å². The number of pyridine rings is 1. The Kier molecular flexibility index (Phi) is 5.82. The summed E-state index contributed by atoms with van der Waals surface area (Å²) in [5.41, 5.74) is 4.69. The van der Waals surface area contributed by atoms with Crippen LogP contribution in [0.2, 0.25) is 0 Å². The number of nitrogens with one attached hydrogen (secondary N) is 3. The van der Waals surface area contributed by atoms with E-state index in [0.717, 1.165) is 59.9 Å². The maximum Gasteiger partial charge on any atom is 0.228 e. The summed E-state index contributed by atoms with van der Waals surface area (Å²) in [7, 11) is 0. The highest BCUT2D eigenvalue weighted by molar-refractivity contribution is 7.98. The first-order valence-corrected chi connectivity index (χ1v) is 12.8. The van der Waals surface area contributed by atoms with E-state index in [4.69, 9.17) is 4.74 Å². The summed E-state index contributed by atoms with van der Waals surface area (Å²) in [5, 5.41) is 6.51. The van der Waals surface area contributed by atoms with Gasteiger partial charge in [0.15, 0.2) is 5.65 Å². The van der Waals surface area contributed by atoms with Gasteiger partial charge in [-0.25, -0.2) is 9.97 Å². The number of aromatic nitrogens is 3. The SMILES string of the molecule is CSc1cc(C2CCC(C)(C)CO2)ccc1Nc1cc(NC(=O)C2CC2)nc2[nH]c(C)nc12. The van der Waals surface area contributed by atoms with Crippen LogP contribution in [-0.4, -0.2) is 33.7 Å². The van der Waals surface area contributed by atoms with Gasteiger partial charge in [-0.05, 0) is 62.0 Å². The van der Waals surface area contributed by atoms with Crippen LogP contribution in [0.1, 0.15) is 57.0 Å². The average molecular weight is 466 g/mol. The molecule has 1 saturated carbocycles. The molecule has 0 radical (unpaired) electrons. The van der Waals surface area contributed by atoms with Gasteiger partial charge in [0, 0.05) is 16.9 Å². The van der Waals surface area contributed by atoms with Gasteiger partial charge in [-0.2, -0.15) is 0 Å². The summed E-state index contributed by atoms with van der Waals surface area (Å²) in [6, 6.07) is 8.35. The van der Waals surface area contributed by atoms with Gasteiger partial charge in [-0.15, -0.1) is 11.8 Å². The first-order chi connectivity index (χ1) is 15.8. The van der Waals surface area contributed by atoms with Crippen molar-refractivity contribution in [1.82, 2.24) is 15.0 Å². The highest BCUT2D eigenvalue weighted by Gasteiger charge is 2.30. The fraction of sp³-hybridized carbons (Fsp3) is 0.480. The third-order valence-electron chi connectivity index (χ3n) is 6.40. The molecule has 8 heteroatoms. The molecule has 2 fully saturated rings. The molecule has 3 N–H and O–H groups in total. The molecule has 0 bridgehead atoms. The number of hydrogen-bond donors (Lipinski definition) is 3. The third kappa shape index (κ3) is 4.87. The van der Waals surface area contributed by atoms with Crippen LogP contribution < -0.4 is 10.6 Å². The molecule has 1 aliphatic heterocycles. The molecule has 1 atom stereocenters. The molecule has 2 aromatic heterocycles. The lowest BCUT2D eigenvalue weighted by molar-refractivity contribution is -0.117. The number of carbonyl (C=O) groups is 1. The van der Waals surface area contributed by atoms with Crippen LogP contribution in [0, 0.1) is 18.3 Å². The second kappa shape index (κ2) is 8.65. The Bertz CT molecular complexity index is 1190. The van der Waals surface area contributed by atoms with E-state index < -0.39 is 0 Å². The number of hydrogen-bond acceptors (Lipinski definition) is 6. The number of amides is 1. The first-order valence-electron chi connectivity index (χ1n) is 11.6. The zero-order valence-corrected chi connectivity index (χ0v) is 20.4. The molecule has 1 unspecified atom stereocenters. The molecule has 1 aliphatic carbocycles. The fourth-order valence-corrected chi connectivity index (χ4v) is 4.85. The van der Waals surface area contributed by atoms with Crippen LogP contribution in [0.4, 0.5) is 17.2 Å². The lowest BCUT2D eigenvalue weighted by atomic mass is 9.84. The minimum Gasteiger partial charge on any atom is -0.373 e. The van der Waals surface area contributed by atoms with Crippen LogP contribution >= 0.6 is 11.8 Å². The molecule has 5 rings (SSSR count). The zero-order chi connectivity index (χ0) is 23.2. The molecule has 2 aliphatic rings. The number of imidazole rings is 1. The molecular formula is C25H31N5O2S.